The van der Waals surface area contributed by atoms with Crippen molar-refractivity contribution in [1.82, 2.24) is 20.3 Å². The molecule has 108 valence electrons. The number of nitrogens with zero attached hydrogens (tertiary/aromatic N) is 2. The molecule has 9 heteroatoms. The minimum Gasteiger partial charge on any atom is -0.395 e. The molecule has 1 saturated heterocycles. The molecule has 0 radical (unpaired) electrons. The fourth-order valence-electron chi connectivity index (χ4n) is 2.57. The number of halogens is 1. The number of H-pyrrole nitrogens is 1. The molecule has 0 unspecified atom stereocenters. The summed E-state index contributed by atoms with van der Waals surface area (Å²) < 4.78 is 0. The summed E-state index contributed by atoms with van der Waals surface area (Å²) in [6, 6.07) is -1.11. The zero-order valence-electron chi connectivity index (χ0n) is 10.3. The lowest BCUT2D eigenvalue weighted by Gasteiger charge is -2.14. The van der Waals surface area contributed by atoms with Gasteiger partial charge in [-0.2, -0.15) is 0 Å². The van der Waals surface area contributed by atoms with Gasteiger partial charge in [-0.05, 0) is 0 Å². The molecular weight excluding hydrogens is 286 g/mol. The van der Waals surface area contributed by atoms with Gasteiger partial charge in [0.2, 0.25) is 0 Å². The Balaban J connectivity index is 2.03. The zero-order valence-corrected chi connectivity index (χ0v) is 11.0. The van der Waals surface area contributed by atoms with Crippen molar-refractivity contribution >= 4 is 28.6 Å². The number of aromatic amines is 1. The van der Waals surface area contributed by atoms with E-state index in [2.05, 4.69) is 25.1 Å². The average molecular weight is 300 g/mol. The van der Waals surface area contributed by atoms with Crippen LogP contribution in [0, 0.1) is 0 Å². The predicted octanol–water partition coefficient (Wildman–Crippen LogP) is -0.749. The molecule has 3 heterocycles. The van der Waals surface area contributed by atoms with Gasteiger partial charge in [0.05, 0.1) is 30.3 Å². The van der Waals surface area contributed by atoms with Crippen LogP contribution < -0.4 is 10.2 Å². The van der Waals surface area contributed by atoms with Crippen LogP contribution in [0.25, 0.3) is 11.0 Å². The SMILES string of the molecule is OC[C@H]1N[C@@H](c2c[nH]c3c(NCl)ncnc23)[C@H](O)[C@@H]1O. The Morgan fingerprint density at radius 1 is 1.30 bits per heavy atom. The van der Waals surface area contributed by atoms with Crippen LogP contribution >= 0.6 is 11.8 Å². The first-order valence-electron chi connectivity index (χ1n) is 6.09. The van der Waals surface area contributed by atoms with Crippen molar-refractivity contribution in [3.05, 3.63) is 18.1 Å². The maximum absolute atomic E-state index is 10.1. The summed E-state index contributed by atoms with van der Waals surface area (Å²) in [5.74, 6) is 0.426. The molecule has 2 aromatic rings. The first-order valence-corrected chi connectivity index (χ1v) is 6.46. The number of nitrogens with one attached hydrogen (secondary N) is 3. The maximum atomic E-state index is 10.1. The van der Waals surface area contributed by atoms with Crippen molar-refractivity contribution in [2.45, 2.75) is 24.3 Å². The number of aliphatic hydroxyl groups is 3. The molecule has 0 spiro atoms. The highest BCUT2D eigenvalue weighted by Crippen LogP contribution is 2.32. The van der Waals surface area contributed by atoms with Crippen molar-refractivity contribution in [3.63, 3.8) is 0 Å². The molecule has 0 aromatic carbocycles. The highest BCUT2D eigenvalue weighted by atomic mass is 35.5. The van der Waals surface area contributed by atoms with Gasteiger partial charge < -0.3 is 25.6 Å². The van der Waals surface area contributed by atoms with Crippen LogP contribution in [0.4, 0.5) is 5.82 Å². The molecule has 3 rings (SSSR count). The van der Waals surface area contributed by atoms with Crippen molar-refractivity contribution in [2.24, 2.45) is 0 Å². The van der Waals surface area contributed by atoms with Gasteiger partial charge in [0, 0.05) is 23.5 Å². The third-order valence-corrected chi connectivity index (χ3v) is 3.79. The van der Waals surface area contributed by atoms with Crippen molar-refractivity contribution in [2.75, 3.05) is 11.4 Å². The van der Waals surface area contributed by atoms with E-state index in [0.717, 1.165) is 0 Å². The smallest absolute Gasteiger partial charge is 0.168 e. The van der Waals surface area contributed by atoms with Gasteiger partial charge in [0.25, 0.3) is 0 Å². The van der Waals surface area contributed by atoms with Crippen LogP contribution in [0.2, 0.25) is 0 Å². The van der Waals surface area contributed by atoms with E-state index in [4.69, 9.17) is 11.8 Å². The average Bonchev–Trinajstić information content (AvgIpc) is 3.01. The Kier molecular flexibility index (Phi) is 3.48. The number of aromatic nitrogens is 3. The Morgan fingerprint density at radius 3 is 2.75 bits per heavy atom. The van der Waals surface area contributed by atoms with Crippen LogP contribution in [0.15, 0.2) is 12.5 Å². The van der Waals surface area contributed by atoms with Gasteiger partial charge in [0.1, 0.15) is 17.9 Å². The Bertz CT molecular complexity index is 621. The molecule has 4 atom stereocenters. The van der Waals surface area contributed by atoms with Gasteiger partial charge in [-0.15, -0.1) is 0 Å². The number of hydrogen-bond donors (Lipinski definition) is 6. The van der Waals surface area contributed by atoms with E-state index >= 15 is 0 Å². The zero-order chi connectivity index (χ0) is 14.3. The van der Waals surface area contributed by atoms with Gasteiger partial charge >= 0.3 is 0 Å². The van der Waals surface area contributed by atoms with Crippen LogP contribution in [0.1, 0.15) is 11.6 Å². The lowest BCUT2D eigenvalue weighted by molar-refractivity contribution is 0.0196. The van der Waals surface area contributed by atoms with E-state index in [1.54, 1.807) is 6.20 Å². The Morgan fingerprint density at radius 2 is 2.10 bits per heavy atom. The third-order valence-electron chi connectivity index (χ3n) is 3.61. The van der Waals surface area contributed by atoms with E-state index in [0.29, 0.717) is 22.4 Å². The highest BCUT2D eigenvalue weighted by Gasteiger charge is 2.42. The first kappa shape index (κ1) is 13.5. The molecule has 2 aromatic heterocycles. The topological polar surface area (TPSA) is 126 Å². The van der Waals surface area contributed by atoms with E-state index in [9.17, 15) is 15.3 Å². The van der Waals surface area contributed by atoms with Crippen LogP contribution in [-0.2, 0) is 0 Å². The standard InChI is InChI=1S/C11H14ClN5O3/c12-17-11-8-6(14-3-15-11)4(1-13-8)7-10(20)9(19)5(2-18)16-7/h1,3,5,7,9-10,13,16,18-20H,2H2,(H,14,15,17)/t5-,7+,9-,10+/m1/s1. The summed E-state index contributed by atoms with van der Waals surface area (Å²) in [5, 5.41) is 32.1. The number of hydrogen-bond acceptors (Lipinski definition) is 7. The van der Waals surface area contributed by atoms with E-state index < -0.39 is 24.3 Å². The second kappa shape index (κ2) is 5.15. The normalized spacial score (nSPS) is 30.0. The van der Waals surface area contributed by atoms with Gasteiger partial charge in [0.15, 0.2) is 5.82 Å². The molecule has 0 aliphatic carbocycles. The summed E-state index contributed by atoms with van der Waals surface area (Å²) >= 11 is 5.57. The highest BCUT2D eigenvalue weighted by molar-refractivity contribution is 6.25. The molecule has 0 bridgehead atoms. The van der Waals surface area contributed by atoms with Crippen molar-refractivity contribution in [3.8, 4) is 0 Å². The minimum atomic E-state index is -1.04. The molecule has 1 aliphatic heterocycles. The molecule has 1 aliphatic rings. The lowest BCUT2D eigenvalue weighted by Crippen LogP contribution is -2.35. The van der Waals surface area contributed by atoms with E-state index in [1.165, 1.54) is 6.33 Å². The number of aliphatic hydroxyl groups excluding tert-OH is 3. The maximum Gasteiger partial charge on any atom is 0.168 e. The van der Waals surface area contributed by atoms with Crippen LogP contribution in [-0.4, -0.2) is 55.1 Å². The molecular formula is C11H14ClN5O3. The first-order chi connectivity index (χ1) is 9.67. The van der Waals surface area contributed by atoms with Crippen molar-refractivity contribution < 1.29 is 15.3 Å². The van der Waals surface area contributed by atoms with E-state index in [-0.39, 0.29) is 6.61 Å². The fraction of sp³-hybridized carbons (Fsp3) is 0.455. The molecule has 0 amide bonds. The third kappa shape index (κ3) is 1.93. The largest absolute Gasteiger partial charge is 0.395 e. The summed E-state index contributed by atoms with van der Waals surface area (Å²) in [6.07, 6.45) is 0.951. The molecule has 6 N–H and O–H groups in total. The number of fused-ring (bicyclic) bond motifs is 1. The fourth-order valence-corrected chi connectivity index (χ4v) is 2.71. The second-order valence-corrected chi connectivity index (χ2v) is 4.89. The van der Waals surface area contributed by atoms with Gasteiger partial charge in [-0.25, -0.2) is 9.97 Å². The minimum absolute atomic E-state index is 0.263. The van der Waals surface area contributed by atoms with Crippen LogP contribution in [0.5, 0.6) is 0 Å². The molecule has 0 saturated carbocycles. The summed E-state index contributed by atoms with van der Waals surface area (Å²) in [7, 11) is 0. The van der Waals surface area contributed by atoms with Gasteiger partial charge in [-0.3, -0.25) is 4.84 Å². The molecule has 1 fully saturated rings. The number of anilines is 1. The second-order valence-electron chi connectivity index (χ2n) is 4.70. The summed E-state index contributed by atoms with van der Waals surface area (Å²) in [6.45, 7) is -0.263. The molecule has 20 heavy (non-hydrogen) atoms. The monoisotopic (exact) mass is 299 g/mol. The Labute approximate surface area is 118 Å². The van der Waals surface area contributed by atoms with Gasteiger partial charge in [-0.1, -0.05) is 0 Å². The lowest BCUT2D eigenvalue weighted by atomic mass is 10.0. The Hall–Kier alpha value is -1.45. The summed E-state index contributed by atoms with van der Waals surface area (Å²) in [5.41, 5.74) is 1.87. The predicted molar refractivity (Wildman–Crippen MR) is 72.1 cm³/mol. The summed E-state index contributed by atoms with van der Waals surface area (Å²) in [4.78, 5) is 13.6. The van der Waals surface area contributed by atoms with Crippen LogP contribution in [0.3, 0.4) is 0 Å². The quantitative estimate of drug-likeness (QED) is 0.412. The van der Waals surface area contributed by atoms with E-state index in [1.807, 2.05) is 0 Å². The van der Waals surface area contributed by atoms with Crippen molar-refractivity contribution in [1.29, 1.82) is 0 Å². The molecule has 8 nitrogen and oxygen atoms in total. The number of rotatable bonds is 3.